The van der Waals surface area contributed by atoms with E-state index in [1.807, 2.05) is 19.2 Å². The Kier molecular flexibility index (Phi) is 4.24. The van der Waals surface area contributed by atoms with Gasteiger partial charge in [0, 0.05) is 31.0 Å². The molecule has 1 atom stereocenters. The fourth-order valence-corrected chi connectivity index (χ4v) is 1.56. The number of rotatable bonds is 5. The fourth-order valence-electron chi connectivity index (χ4n) is 1.56. The molecule has 1 heterocycles. The van der Waals surface area contributed by atoms with E-state index < -0.39 is 0 Å². The smallest absolute Gasteiger partial charge is 0.0643 e. The first-order valence-electron chi connectivity index (χ1n) is 5.29. The van der Waals surface area contributed by atoms with Crippen LogP contribution >= 0.6 is 0 Å². The third kappa shape index (κ3) is 3.98. The maximum Gasteiger partial charge on any atom is 0.0643 e. The van der Waals surface area contributed by atoms with E-state index >= 15 is 0 Å². The van der Waals surface area contributed by atoms with E-state index in [1.165, 1.54) is 5.56 Å². The quantitative estimate of drug-likeness (QED) is 0.798. The van der Waals surface area contributed by atoms with E-state index in [1.54, 1.807) is 7.11 Å². The first-order chi connectivity index (χ1) is 7.07. The molecule has 0 saturated carbocycles. The van der Waals surface area contributed by atoms with Gasteiger partial charge in [-0.25, -0.2) is 0 Å². The SMILES string of the molecule is CCc1ccc(CC(C)(N)COC)nc1. The van der Waals surface area contributed by atoms with Crippen LogP contribution in [0.3, 0.4) is 0 Å². The zero-order valence-electron chi connectivity index (χ0n) is 9.79. The molecule has 0 aliphatic rings. The molecule has 1 aromatic rings. The van der Waals surface area contributed by atoms with Crippen molar-refractivity contribution in [3.8, 4) is 0 Å². The first-order valence-corrected chi connectivity index (χ1v) is 5.29. The van der Waals surface area contributed by atoms with Crippen LogP contribution in [-0.4, -0.2) is 24.2 Å². The van der Waals surface area contributed by atoms with Crippen molar-refractivity contribution in [2.45, 2.75) is 32.2 Å². The van der Waals surface area contributed by atoms with Gasteiger partial charge in [0.2, 0.25) is 0 Å². The van der Waals surface area contributed by atoms with Crippen LogP contribution in [0.5, 0.6) is 0 Å². The molecule has 1 aromatic heterocycles. The highest BCUT2D eigenvalue weighted by atomic mass is 16.5. The molecule has 0 spiro atoms. The summed E-state index contributed by atoms with van der Waals surface area (Å²) in [6, 6.07) is 4.14. The van der Waals surface area contributed by atoms with Crippen LogP contribution in [0.15, 0.2) is 18.3 Å². The second kappa shape index (κ2) is 5.24. The van der Waals surface area contributed by atoms with Crippen molar-refractivity contribution in [1.29, 1.82) is 0 Å². The van der Waals surface area contributed by atoms with Gasteiger partial charge in [0.1, 0.15) is 0 Å². The third-order valence-electron chi connectivity index (χ3n) is 2.35. The molecule has 2 N–H and O–H groups in total. The monoisotopic (exact) mass is 208 g/mol. The molecule has 0 amide bonds. The average molecular weight is 208 g/mol. The van der Waals surface area contributed by atoms with Crippen LogP contribution in [0.2, 0.25) is 0 Å². The molecular weight excluding hydrogens is 188 g/mol. The predicted octanol–water partition coefficient (Wildman–Crippen LogP) is 1.55. The lowest BCUT2D eigenvalue weighted by Crippen LogP contribution is -2.43. The van der Waals surface area contributed by atoms with Gasteiger partial charge < -0.3 is 10.5 Å². The van der Waals surface area contributed by atoms with E-state index in [4.69, 9.17) is 10.5 Å². The summed E-state index contributed by atoms with van der Waals surface area (Å²) in [5.41, 5.74) is 8.00. The van der Waals surface area contributed by atoms with Crippen LogP contribution in [0.25, 0.3) is 0 Å². The molecule has 0 fully saturated rings. The van der Waals surface area contributed by atoms with Gasteiger partial charge in [0.15, 0.2) is 0 Å². The predicted molar refractivity (Wildman–Crippen MR) is 61.8 cm³/mol. The normalized spacial score (nSPS) is 14.9. The average Bonchev–Trinajstić information content (AvgIpc) is 2.18. The second-order valence-electron chi connectivity index (χ2n) is 4.28. The summed E-state index contributed by atoms with van der Waals surface area (Å²) in [4.78, 5) is 4.38. The number of aryl methyl sites for hydroxylation is 1. The molecule has 0 aromatic carbocycles. The standard InChI is InChI=1S/C12H20N2O/c1-4-10-5-6-11(14-8-10)7-12(2,13)9-15-3/h5-6,8H,4,7,9,13H2,1-3H3. The van der Waals surface area contributed by atoms with Crippen LogP contribution in [0, 0.1) is 0 Å². The number of hydrogen-bond acceptors (Lipinski definition) is 3. The highest BCUT2D eigenvalue weighted by Gasteiger charge is 2.19. The van der Waals surface area contributed by atoms with E-state index in [-0.39, 0.29) is 5.54 Å². The largest absolute Gasteiger partial charge is 0.383 e. The Morgan fingerprint density at radius 1 is 1.47 bits per heavy atom. The van der Waals surface area contributed by atoms with Gasteiger partial charge in [0.05, 0.1) is 6.61 Å². The Labute approximate surface area is 91.7 Å². The minimum absolute atomic E-state index is 0.338. The molecule has 0 aliphatic carbocycles. The van der Waals surface area contributed by atoms with Gasteiger partial charge in [-0.15, -0.1) is 0 Å². The van der Waals surface area contributed by atoms with Crippen molar-refractivity contribution < 1.29 is 4.74 Å². The fraction of sp³-hybridized carbons (Fsp3) is 0.583. The molecule has 1 unspecified atom stereocenters. The Bertz CT molecular complexity index is 293. The molecule has 1 rings (SSSR count). The van der Waals surface area contributed by atoms with E-state index in [0.717, 1.165) is 18.5 Å². The summed E-state index contributed by atoms with van der Waals surface area (Å²) in [5, 5.41) is 0. The maximum atomic E-state index is 6.06. The zero-order chi connectivity index (χ0) is 11.3. The zero-order valence-corrected chi connectivity index (χ0v) is 9.79. The van der Waals surface area contributed by atoms with Crippen molar-refractivity contribution in [1.82, 2.24) is 4.98 Å². The number of ether oxygens (including phenoxy) is 1. The molecule has 0 aliphatic heterocycles. The van der Waals surface area contributed by atoms with Crippen LogP contribution < -0.4 is 5.73 Å². The van der Waals surface area contributed by atoms with Crippen LogP contribution in [0.4, 0.5) is 0 Å². The summed E-state index contributed by atoms with van der Waals surface area (Å²) in [6.45, 7) is 4.64. The van der Waals surface area contributed by atoms with Crippen LogP contribution in [0.1, 0.15) is 25.1 Å². The van der Waals surface area contributed by atoms with Gasteiger partial charge >= 0.3 is 0 Å². The molecule has 0 saturated heterocycles. The molecule has 3 heteroatoms. The van der Waals surface area contributed by atoms with Crippen molar-refractivity contribution in [2.75, 3.05) is 13.7 Å². The Morgan fingerprint density at radius 2 is 2.20 bits per heavy atom. The number of nitrogens with zero attached hydrogens (tertiary/aromatic N) is 1. The van der Waals surface area contributed by atoms with Crippen LogP contribution in [-0.2, 0) is 17.6 Å². The van der Waals surface area contributed by atoms with Crippen molar-refractivity contribution in [2.24, 2.45) is 5.73 Å². The lowest BCUT2D eigenvalue weighted by Gasteiger charge is -2.22. The number of pyridine rings is 1. The summed E-state index contributed by atoms with van der Waals surface area (Å²) in [5.74, 6) is 0. The number of aromatic nitrogens is 1. The minimum atomic E-state index is -0.338. The molecule has 15 heavy (non-hydrogen) atoms. The molecular formula is C12H20N2O. The lowest BCUT2D eigenvalue weighted by atomic mass is 9.98. The number of nitrogens with two attached hydrogens (primary N) is 1. The van der Waals surface area contributed by atoms with Gasteiger partial charge in [0.25, 0.3) is 0 Å². The summed E-state index contributed by atoms with van der Waals surface area (Å²) >= 11 is 0. The minimum Gasteiger partial charge on any atom is -0.383 e. The lowest BCUT2D eigenvalue weighted by molar-refractivity contribution is 0.140. The number of methoxy groups -OCH3 is 1. The summed E-state index contributed by atoms with van der Waals surface area (Å²) in [7, 11) is 1.67. The maximum absolute atomic E-state index is 6.06. The molecule has 0 radical (unpaired) electrons. The van der Waals surface area contributed by atoms with Gasteiger partial charge in [-0.3, -0.25) is 4.98 Å². The second-order valence-corrected chi connectivity index (χ2v) is 4.28. The molecule has 0 bridgehead atoms. The van der Waals surface area contributed by atoms with Crippen molar-refractivity contribution in [3.05, 3.63) is 29.6 Å². The summed E-state index contributed by atoms with van der Waals surface area (Å²) < 4.78 is 5.07. The molecule has 3 nitrogen and oxygen atoms in total. The van der Waals surface area contributed by atoms with Gasteiger partial charge in [-0.1, -0.05) is 13.0 Å². The highest BCUT2D eigenvalue weighted by molar-refractivity contribution is 5.15. The Hall–Kier alpha value is -0.930. The third-order valence-corrected chi connectivity index (χ3v) is 2.35. The Balaban J connectivity index is 2.64. The van der Waals surface area contributed by atoms with E-state index in [2.05, 4.69) is 18.0 Å². The molecule has 84 valence electrons. The Morgan fingerprint density at radius 3 is 2.67 bits per heavy atom. The summed E-state index contributed by atoms with van der Waals surface area (Å²) in [6.07, 6.45) is 3.67. The van der Waals surface area contributed by atoms with Crippen molar-refractivity contribution in [3.63, 3.8) is 0 Å². The van der Waals surface area contributed by atoms with E-state index in [0.29, 0.717) is 6.61 Å². The van der Waals surface area contributed by atoms with E-state index in [9.17, 15) is 0 Å². The highest BCUT2D eigenvalue weighted by Crippen LogP contribution is 2.10. The first kappa shape index (κ1) is 12.1. The van der Waals surface area contributed by atoms with Crippen molar-refractivity contribution >= 4 is 0 Å². The van der Waals surface area contributed by atoms with Gasteiger partial charge in [-0.2, -0.15) is 0 Å². The van der Waals surface area contributed by atoms with Gasteiger partial charge in [-0.05, 0) is 25.0 Å². The topological polar surface area (TPSA) is 48.1 Å². The number of hydrogen-bond donors (Lipinski definition) is 1.